The van der Waals surface area contributed by atoms with E-state index in [-0.39, 0.29) is 5.91 Å². The fourth-order valence-electron chi connectivity index (χ4n) is 3.78. The SMILES string of the molecule is Cc1ccc(-c2ccc(/C=C/C(=O)Nc3ccc(N4CCC(C)CC4)c(Cl)c3)o2)cc1Cl. The summed E-state index contributed by atoms with van der Waals surface area (Å²) in [5.74, 6) is 1.79. The number of nitrogens with one attached hydrogen (secondary N) is 1. The van der Waals surface area contributed by atoms with Crippen LogP contribution in [-0.2, 0) is 4.79 Å². The molecule has 3 aromatic rings. The average molecular weight is 469 g/mol. The molecule has 4 rings (SSSR count). The van der Waals surface area contributed by atoms with Gasteiger partial charge in [0.2, 0.25) is 5.91 Å². The first-order valence-corrected chi connectivity index (χ1v) is 11.5. The van der Waals surface area contributed by atoms with E-state index in [4.69, 9.17) is 27.6 Å². The Kier molecular flexibility index (Phi) is 6.92. The second kappa shape index (κ2) is 9.85. The van der Waals surface area contributed by atoms with E-state index < -0.39 is 0 Å². The molecule has 1 N–H and O–H groups in total. The molecule has 1 saturated heterocycles. The van der Waals surface area contributed by atoms with E-state index >= 15 is 0 Å². The molecule has 1 fully saturated rings. The molecule has 0 radical (unpaired) electrons. The molecule has 4 nitrogen and oxygen atoms in total. The maximum Gasteiger partial charge on any atom is 0.248 e. The van der Waals surface area contributed by atoms with Gasteiger partial charge < -0.3 is 14.6 Å². The highest BCUT2D eigenvalue weighted by molar-refractivity contribution is 6.33. The zero-order chi connectivity index (χ0) is 22.7. The van der Waals surface area contributed by atoms with Crippen LogP contribution in [0.15, 0.2) is 59.0 Å². The van der Waals surface area contributed by atoms with Crippen molar-refractivity contribution in [3.05, 3.63) is 76.0 Å². The Morgan fingerprint density at radius 1 is 1.06 bits per heavy atom. The summed E-state index contributed by atoms with van der Waals surface area (Å²) in [7, 11) is 0. The number of amides is 1. The lowest BCUT2D eigenvalue weighted by Gasteiger charge is -2.32. The average Bonchev–Trinajstić information content (AvgIpc) is 3.24. The van der Waals surface area contributed by atoms with Crippen LogP contribution in [0.2, 0.25) is 10.0 Å². The number of rotatable bonds is 5. The topological polar surface area (TPSA) is 45.5 Å². The Morgan fingerprint density at radius 3 is 2.56 bits per heavy atom. The van der Waals surface area contributed by atoms with Gasteiger partial charge in [-0.2, -0.15) is 0 Å². The van der Waals surface area contributed by atoms with Crippen LogP contribution >= 0.6 is 23.2 Å². The molecule has 1 aliphatic rings. The van der Waals surface area contributed by atoms with E-state index in [9.17, 15) is 4.79 Å². The summed E-state index contributed by atoms with van der Waals surface area (Å²) < 4.78 is 5.82. The molecule has 0 unspecified atom stereocenters. The largest absolute Gasteiger partial charge is 0.457 e. The van der Waals surface area contributed by atoms with Crippen molar-refractivity contribution in [3.63, 3.8) is 0 Å². The monoisotopic (exact) mass is 468 g/mol. The molecule has 6 heteroatoms. The van der Waals surface area contributed by atoms with Gasteiger partial charge in [-0.05, 0) is 73.7 Å². The maximum atomic E-state index is 12.4. The van der Waals surface area contributed by atoms with Gasteiger partial charge in [-0.1, -0.05) is 42.3 Å². The number of hydrogen-bond acceptors (Lipinski definition) is 3. The number of hydrogen-bond donors (Lipinski definition) is 1. The lowest BCUT2D eigenvalue weighted by atomic mass is 9.99. The predicted molar refractivity (Wildman–Crippen MR) is 134 cm³/mol. The van der Waals surface area contributed by atoms with Gasteiger partial charge in [0.05, 0.1) is 10.7 Å². The Bertz CT molecular complexity index is 1140. The highest BCUT2D eigenvalue weighted by atomic mass is 35.5. The number of carbonyl (C=O) groups is 1. The van der Waals surface area contributed by atoms with E-state index in [2.05, 4.69) is 17.1 Å². The fourth-order valence-corrected chi connectivity index (χ4v) is 4.26. The summed E-state index contributed by atoms with van der Waals surface area (Å²) >= 11 is 12.7. The predicted octanol–water partition coefficient (Wildman–Crippen LogP) is 7.45. The van der Waals surface area contributed by atoms with Crippen LogP contribution in [0.3, 0.4) is 0 Å². The Morgan fingerprint density at radius 2 is 1.84 bits per heavy atom. The van der Waals surface area contributed by atoms with Crippen LogP contribution in [0.4, 0.5) is 11.4 Å². The van der Waals surface area contributed by atoms with Crippen molar-refractivity contribution in [3.8, 4) is 11.3 Å². The van der Waals surface area contributed by atoms with E-state index in [0.717, 1.165) is 35.8 Å². The molecule has 2 aromatic carbocycles. The lowest BCUT2D eigenvalue weighted by Crippen LogP contribution is -2.32. The van der Waals surface area contributed by atoms with Crippen molar-refractivity contribution in [2.24, 2.45) is 5.92 Å². The van der Waals surface area contributed by atoms with Crippen LogP contribution < -0.4 is 10.2 Å². The molecule has 1 aromatic heterocycles. The normalized spacial score (nSPS) is 14.8. The molecule has 1 amide bonds. The molecular weight excluding hydrogens is 443 g/mol. The Balaban J connectivity index is 1.38. The molecule has 0 aliphatic carbocycles. The maximum absolute atomic E-state index is 12.4. The van der Waals surface area contributed by atoms with Gasteiger partial charge in [-0.3, -0.25) is 4.79 Å². The summed E-state index contributed by atoms with van der Waals surface area (Å²) in [6.45, 7) is 6.26. The number of furan rings is 1. The molecule has 0 saturated carbocycles. The zero-order valence-corrected chi connectivity index (χ0v) is 19.7. The first kappa shape index (κ1) is 22.5. The Hall–Kier alpha value is -2.69. The first-order valence-electron chi connectivity index (χ1n) is 10.8. The van der Waals surface area contributed by atoms with E-state index in [1.165, 1.54) is 18.9 Å². The Labute approximate surface area is 198 Å². The van der Waals surface area contributed by atoms with Crippen molar-refractivity contribution in [1.29, 1.82) is 0 Å². The number of anilines is 2. The third-order valence-electron chi connectivity index (χ3n) is 5.82. The van der Waals surface area contributed by atoms with E-state index in [1.807, 2.05) is 49.4 Å². The first-order chi connectivity index (χ1) is 15.4. The number of carbonyl (C=O) groups excluding carboxylic acids is 1. The summed E-state index contributed by atoms with van der Waals surface area (Å²) in [6.07, 6.45) is 5.42. The minimum Gasteiger partial charge on any atom is -0.457 e. The number of halogens is 2. The van der Waals surface area contributed by atoms with Crippen molar-refractivity contribution in [1.82, 2.24) is 0 Å². The van der Waals surface area contributed by atoms with Crippen LogP contribution in [0.1, 0.15) is 31.1 Å². The standard InChI is InChI=1S/C26H26Cl2N2O2/c1-17-11-13-30(14-12-17)24-8-5-20(16-23(24)28)29-26(31)10-7-21-6-9-25(32-21)19-4-3-18(2)22(27)15-19/h3-10,15-17H,11-14H2,1-2H3,(H,29,31)/b10-7+. The highest BCUT2D eigenvalue weighted by Gasteiger charge is 2.18. The smallest absolute Gasteiger partial charge is 0.248 e. The van der Waals surface area contributed by atoms with Crippen molar-refractivity contribution < 1.29 is 9.21 Å². The zero-order valence-electron chi connectivity index (χ0n) is 18.2. The van der Waals surface area contributed by atoms with Crippen molar-refractivity contribution in [2.45, 2.75) is 26.7 Å². The summed E-state index contributed by atoms with van der Waals surface area (Å²) in [5.41, 5.74) is 3.58. The number of aryl methyl sites for hydroxylation is 1. The minimum atomic E-state index is -0.253. The molecule has 2 heterocycles. The van der Waals surface area contributed by atoms with Gasteiger partial charge in [0.1, 0.15) is 11.5 Å². The van der Waals surface area contributed by atoms with Crippen molar-refractivity contribution in [2.75, 3.05) is 23.3 Å². The third kappa shape index (κ3) is 5.37. The summed E-state index contributed by atoms with van der Waals surface area (Å²) in [6, 6.07) is 15.1. The lowest BCUT2D eigenvalue weighted by molar-refractivity contribution is -0.111. The highest BCUT2D eigenvalue weighted by Crippen LogP contribution is 2.32. The number of piperidine rings is 1. The van der Waals surface area contributed by atoms with Crippen LogP contribution in [0.5, 0.6) is 0 Å². The van der Waals surface area contributed by atoms with Gasteiger partial charge in [0, 0.05) is 35.4 Å². The quantitative estimate of drug-likeness (QED) is 0.395. The fraction of sp³-hybridized carbons (Fsp3) is 0.269. The van der Waals surface area contributed by atoms with E-state index in [0.29, 0.717) is 27.3 Å². The molecule has 1 aliphatic heterocycles. The van der Waals surface area contributed by atoms with Gasteiger partial charge in [0.15, 0.2) is 0 Å². The van der Waals surface area contributed by atoms with Gasteiger partial charge >= 0.3 is 0 Å². The van der Waals surface area contributed by atoms with Crippen LogP contribution in [0, 0.1) is 12.8 Å². The van der Waals surface area contributed by atoms with Crippen molar-refractivity contribution >= 4 is 46.6 Å². The van der Waals surface area contributed by atoms with Gasteiger partial charge in [0.25, 0.3) is 0 Å². The summed E-state index contributed by atoms with van der Waals surface area (Å²) in [4.78, 5) is 14.7. The number of benzene rings is 2. The van der Waals surface area contributed by atoms with Crippen LogP contribution in [0.25, 0.3) is 17.4 Å². The minimum absolute atomic E-state index is 0.253. The molecule has 0 bridgehead atoms. The number of nitrogens with zero attached hydrogens (tertiary/aromatic N) is 1. The van der Waals surface area contributed by atoms with Gasteiger partial charge in [-0.15, -0.1) is 0 Å². The molecule has 0 atom stereocenters. The molecule has 166 valence electrons. The molecule has 0 spiro atoms. The third-order valence-corrected chi connectivity index (χ3v) is 6.53. The second-order valence-electron chi connectivity index (χ2n) is 8.32. The molecule has 32 heavy (non-hydrogen) atoms. The summed E-state index contributed by atoms with van der Waals surface area (Å²) in [5, 5.41) is 4.19. The van der Waals surface area contributed by atoms with Gasteiger partial charge in [-0.25, -0.2) is 0 Å². The molecular formula is C26H26Cl2N2O2. The second-order valence-corrected chi connectivity index (χ2v) is 9.14. The van der Waals surface area contributed by atoms with Crippen LogP contribution in [-0.4, -0.2) is 19.0 Å². The van der Waals surface area contributed by atoms with E-state index in [1.54, 1.807) is 12.1 Å².